The van der Waals surface area contributed by atoms with E-state index in [0.29, 0.717) is 21.6 Å². The lowest BCUT2D eigenvalue weighted by molar-refractivity contribution is 0.102. The fraction of sp³-hybridized carbons (Fsp3) is 0.267. The number of carbonyl (C=O) groups is 1. The molecule has 116 valence electrons. The van der Waals surface area contributed by atoms with Crippen molar-refractivity contribution in [2.45, 2.75) is 19.8 Å². The Morgan fingerprint density at radius 3 is 2.73 bits per heavy atom. The molecule has 0 spiro atoms. The summed E-state index contributed by atoms with van der Waals surface area (Å²) >= 11 is 11.8. The summed E-state index contributed by atoms with van der Waals surface area (Å²) in [5, 5.41) is 6.69. The number of rotatable bonds is 6. The van der Waals surface area contributed by atoms with Crippen molar-refractivity contribution in [2.75, 3.05) is 17.2 Å². The third kappa shape index (κ3) is 4.58. The van der Waals surface area contributed by atoms with Crippen LogP contribution < -0.4 is 10.6 Å². The molecule has 0 aliphatic rings. The zero-order valence-corrected chi connectivity index (χ0v) is 13.6. The van der Waals surface area contributed by atoms with Crippen molar-refractivity contribution in [3.8, 4) is 0 Å². The Bertz CT molecular complexity index is 664. The van der Waals surface area contributed by atoms with Gasteiger partial charge in [0.25, 0.3) is 5.91 Å². The number of amides is 1. The van der Waals surface area contributed by atoms with Gasteiger partial charge in [0, 0.05) is 18.3 Å². The third-order valence-electron chi connectivity index (χ3n) is 2.91. The molecular weight excluding hydrogens is 323 g/mol. The van der Waals surface area contributed by atoms with Crippen molar-refractivity contribution < 1.29 is 4.79 Å². The number of unbranched alkanes of at least 4 members (excludes halogenated alkanes) is 1. The van der Waals surface area contributed by atoms with Crippen molar-refractivity contribution in [1.29, 1.82) is 0 Å². The van der Waals surface area contributed by atoms with E-state index in [0.717, 1.165) is 19.4 Å². The van der Waals surface area contributed by atoms with Crippen LogP contribution in [-0.2, 0) is 0 Å². The molecule has 2 aromatic rings. The Morgan fingerprint density at radius 2 is 2.00 bits per heavy atom. The first-order valence-electron chi connectivity index (χ1n) is 6.92. The Labute approximate surface area is 139 Å². The summed E-state index contributed by atoms with van der Waals surface area (Å²) in [5.41, 5.74) is 0.832. The summed E-state index contributed by atoms with van der Waals surface area (Å²) in [7, 11) is 0. The smallest absolute Gasteiger partial charge is 0.274 e. The highest BCUT2D eigenvalue weighted by atomic mass is 35.5. The summed E-state index contributed by atoms with van der Waals surface area (Å²) in [6.07, 6.45) is 3.48. The average molecular weight is 339 g/mol. The molecule has 0 aliphatic heterocycles. The molecule has 1 aromatic carbocycles. The fourth-order valence-corrected chi connectivity index (χ4v) is 2.04. The minimum atomic E-state index is -0.334. The monoisotopic (exact) mass is 338 g/mol. The van der Waals surface area contributed by atoms with Crippen LogP contribution in [0.3, 0.4) is 0 Å². The van der Waals surface area contributed by atoms with Gasteiger partial charge < -0.3 is 10.6 Å². The molecule has 0 bridgehead atoms. The Morgan fingerprint density at radius 1 is 1.18 bits per heavy atom. The molecule has 2 N–H and O–H groups in total. The van der Waals surface area contributed by atoms with Crippen LogP contribution in [0.5, 0.6) is 0 Å². The van der Waals surface area contributed by atoms with Crippen LogP contribution in [0.4, 0.5) is 11.5 Å². The average Bonchev–Trinajstić information content (AvgIpc) is 2.51. The van der Waals surface area contributed by atoms with E-state index in [-0.39, 0.29) is 11.6 Å². The molecule has 0 fully saturated rings. The Kier molecular flexibility index (Phi) is 5.98. The van der Waals surface area contributed by atoms with Crippen LogP contribution in [-0.4, -0.2) is 22.4 Å². The summed E-state index contributed by atoms with van der Waals surface area (Å²) in [5.74, 6) is 0.294. The number of benzene rings is 1. The molecule has 2 rings (SSSR count). The van der Waals surface area contributed by atoms with E-state index >= 15 is 0 Å². The number of hydrogen-bond donors (Lipinski definition) is 2. The van der Waals surface area contributed by atoms with E-state index in [1.807, 2.05) is 0 Å². The van der Waals surface area contributed by atoms with Crippen molar-refractivity contribution >= 4 is 40.6 Å². The van der Waals surface area contributed by atoms with Crippen LogP contribution in [0.1, 0.15) is 30.3 Å². The number of hydrogen-bond acceptors (Lipinski definition) is 4. The third-order valence-corrected chi connectivity index (χ3v) is 3.65. The number of nitrogens with one attached hydrogen (secondary N) is 2. The van der Waals surface area contributed by atoms with Crippen molar-refractivity contribution in [1.82, 2.24) is 9.97 Å². The van der Waals surface area contributed by atoms with Crippen LogP contribution in [0.15, 0.2) is 30.6 Å². The zero-order valence-electron chi connectivity index (χ0n) is 12.1. The van der Waals surface area contributed by atoms with Gasteiger partial charge in [0.2, 0.25) is 0 Å². The van der Waals surface area contributed by atoms with Gasteiger partial charge in [-0.15, -0.1) is 0 Å². The van der Waals surface area contributed by atoms with Crippen molar-refractivity contribution in [3.63, 3.8) is 0 Å². The normalized spacial score (nSPS) is 10.3. The van der Waals surface area contributed by atoms with E-state index in [1.54, 1.807) is 24.3 Å². The lowest BCUT2D eigenvalue weighted by Crippen LogP contribution is -2.15. The second-order valence-corrected chi connectivity index (χ2v) is 5.47. The van der Waals surface area contributed by atoms with Crippen molar-refractivity contribution in [2.24, 2.45) is 0 Å². The van der Waals surface area contributed by atoms with Crippen LogP contribution in [0.25, 0.3) is 0 Å². The first kappa shape index (κ1) is 16.5. The highest BCUT2D eigenvalue weighted by Crippen LogP contribution is 2.25. The van der Waals surface area contributed by atoms with E-state index in [2.05, 4.69) is 27.5 Å². The van der Waals surface area contributed by atoms with E-state index in [1.165, 1.54) is 6.33 Å². The van der Waals surface area contributed by atoms with Gasteiger partial charge in [-0.3, -0.25) is 4.79 Å². The first-order chi connectivity index (χ1) is 10.6. The standard InChI is InChI=1S/C15H16Cl2N4O/c1-2-3-6-18-14-8-13(19-9-20-14)15(22)21-10-4-5-11(16)12(17)7-10/h4-5,7-9H,2-3,6H2,1H3,(H,21,22)(H,18,19,20). The largest absolute Gasteiger partial charge is 0.370 e. The molecule has 1 aromatic heterocycles. The van der Waals surface area contributed by atoms with Gasteiger partial charge in [-0.1, -0.05) is 36.5 Å². The SMILES string of the molecule is CCCCNc1cc(C(=O)Nc2ccc(Cl)c(Cl)c2)ncn1. The topological polar surface area (TPSA) is 66.9 Å². The lowest BCUT2D eigenvalue weighted by Gasteiger charge is -2.08. The molecule has 22 heavy (non-hydrogen) atoms. The Hall–Kier alpha value is -1.85. The van der Waals surface area contributed by atoms with E-state index in [4.69, 9.17) is 23.2 Å². The molecule has 1 amide bonds. The number of carbonyl (C=O) groups excluding carboxylic acids is 1. The van der Waals surface area contributed by atoms with Crippen LogP contribution >= 0.6 is 23.2 Å². The number of halogens is 2. The van der Waals surface area contributed by atoms with Gasteiger partial charge in [0.1, 0.15) is 17.8 Å². The van der Waals surface area contributed by atoms with E-state index < -0.39 is 0 Å². The Balaban J connectivity index is 2.05. The molecule has 0 unspecified atom stereocenters. The lowest BCUT2D eigenvalue weighted by atomic mass is 10.3. The van der Waals surface area contributed by atoms with Gasteiger partial charge in [0.15, 0.2) is 0 Å². The van der Waals surface area contributed by atoms with Crippen LogP contribution in [0, 0.1) is 0 Å². The minimum absolute atomic E-state index is 0.278. The predicted octanol–water partition coefficient (Wildman–Crippen LogP) is 4.25. The number of nitrogens with zero attached hydrogens (tertiary/aromatic N) is 2. The molecule has 0 atom stereocenters. The summed E-state index contributed by atoms with van der Waals surface area (Å²) in [6.45, 7) is 2.92. The number of aromatic nitrogens is 2. The minimum Gasteiger partial charge on any atom is -0.370 e. The first-order valence-corrected chi connectivity index (χ1v) is 7.68. The highest BCUT2D eigenvalue weighted by Gasteiger charge is 2.10. The molecule has 7 heteroatoms. The molecule has 1 heterocycles. The van der Waals surface area contributed by atoms with Gasteiger partial charge >= 0.3 is 0 Å². The molecule has 0 saturated carbocycles. The molecule has 0 aliphatic carbocycles. The maximum absolute atomic E-state index is 12.2. The van der Waals surface area contributed by atoms with E-state index in [9.17, 15) is 4.79 Å². The summed E-state index contributed by atoms with van der Waals surface area (Å²) < 4.78 is 0. The molecular formula is C15H16Cl2N4O. The highest BCUT2D eigenvalue weighted by molar-refractivity contribution is 6.42. The maximum Gasteiger partial charge on any atom is 0.274 e. The summed E-state index contributed by atoms with van der Waals surface area (Å²) in [4.78, 5) is 20.3. The number of anilines is 2. The quantitative estimate of drug-likeness (QED) is 0.772. The van der Waals surface area contributed by atoms with Crippen molar-refractivity contribution in [3.05, 3.63) is 46.3 Å². The summed E-state index contributed by atoms with van der Waals surface area (Å²) in [6, 6.07) is 6.50. The fourth-order valence-electron chi connectivity index (χ4n) is 1.74. The zero-order chi connectivity index (χ0) is 15.9. The maximum atomic E-state index is 12.2. The predicted molar refractivity (Wildman–Crippen MR) is 89.8 cm³/mol. The second kappa shape index (κ2) is 7.96. The molecule has 5 nitrogen and oxygen atoms in total. The van der Waals surface area contributed by atoms with Gasteiger partial charge in [0.05, 0.1) is 10.0 Å². The van der Waals surface area contributed by atoms with Crippen LogP contribution in [0.2, 0.25) is 10.0 Å². The molecule has 0 saturated heterocycles. The second-order valence-electron chi connectivity index (χ2n) is 4.65. The van der Waals surface area contributed by atoms with Gasteiger partial charge in [-0.05, 0) is 24.6 Å². The van der Waals surface area contributed by atoms with Gasteiger partial charge in [-0.25, -0.2) is 9.97 Å². The molecule has 0 radical (unpaired) electrons. The van der Waals surface area contributed by atoms with Gasteiger partial charge in [-0.2, -0.15) is 0 Å².